The second kappa shape index (κ2) is 5.59. The summed E-state index contributed by atoms with van der Waals surface area (Å²) in [4.78, 5) is 37.0. The molecule has 0 radical (unpaired) electrons. The Labute approximate surface area is 104 Å². The Morgan fingerprint density at radius 2 is 2.00 bits per heavy atom. The molecule has 2 amide bonds. The predicted molar refractivity (Wildman–Crippen MR) is 65.1 cm³/mol. The largest absolute Gasteiger partial charge is 0.329 e. The van der Waals surface area contributed by atoms with Gasteiger partial charge in [-0.05, 0) is 32.0 Å². The Bertz CT molecular complexity index is 503. The van der Waals surface area contributed by atoms with Crippen LogP contribution in [-0.2, 0) is 4.79 Å². The number of rotatable bonds is 2. The third-order valence-corrected chi connectivity index (χ3v) is 2.98. The summed E-state index contributed by atoms with van der Waals surface area (Å²) < 4.78 is 0. The van der Waals surface area contributed by atoms with Crippen molar-refractivity contribution in [2.45, 2.75) is 12.8 Å². The van der Waals surface area contributed by atoms with Gasteiger partial charge in [0.1, 0.15) is 0 Å². The Kier molecular flexibility index (Phi) is 3.88. The molecule has 0 aliphatic carbocycles. The van der Waals surface area contributed by atoms with E-state index >= 15 is 0 Å². The molecule has 1 saturated heterocycles. The smallest absolute Gasteiger partial charge is 0.258 e. The molecule has 18 heavy (non-hydrogen) atoms. The summed E-state index contributed by atoms with van der Waals surface area (Å²) in [6.07, 6.45) is 2.84. The lowest BCUT2D eigenvalue weighted by atomic mass is 9.97. The van der Waals surface area contributed by atoms with Crippen LogP contribution in [0.3, 0.4) is 0 Å². The highest BCUT2D eigenvalue weighted by molar-refractivity contribution is 6.05. The number of aromatic amines is 1. The zero-order valence-electron chi connectivity index (χ0n) is 9.86. The van der Waals surface area contributed by atoms with E-state index in [1.807, 2.05) is 0 Å². The van der Waals surface area contributed by atoms with Crippen molar-refractivity contribution < 1.29 is 9.59 Å². The number of imide groups is 1. The predicted octanol–water partition coefficient (Wildman–Crippen LogP) is -0.369. The Balaban J connectivity index is 1.98. The molecule has 0 bridgehead atoms. The molecule has 6 nitrogen and oxygen atoms in total. The van der Waals surface area contributed by atoms with E-state index in [1.54, 1.807) is 0 Å². The van der Waals surface area contributed by atoms with E-state index in [0.717, 1.165) is 25.9 Å². The van der Waals surface area contributed by atoms with Crippen molar-refractivity contribution in [2.24, 2.45) is 5.92 Å². The van der Waals surface area contributed by atoms with Crippen molar-refractivity contribution in [1.29, 1.82) is 0 Å². The minimum Gasteiger partial charge on any atom is -0.329 e. The first kappa shape index (κ1) is 12.5. The molecule has 1 aromatic rings. The second-order valence-corrected chi connectivity index (χ2v) is 4.28. The number of aromatic nitrogens is 1. The fourth-order valence-electron chi connectivity index (χ4n) is 1.96. The van der Waals surface area contributed by atoms with Crippen LogP contribution >= 0.6 is 0 Å². The van der Waals surface area contributed by atoms with E-state index < -0.39 is 5.91 Å². The van der Waals surface area contributed by atoms with Gasteiger partial charge in [0.05, 0.1) is 0 Å². The molecular weight excluding hydrogens is 234 g/mol. The molecular formula is C12H15N3O3. The number of pyridine rings is 1. The van der Waals surface area contributed by atoms with Gasteiger partial charge in [-0.2, -0.15) is 0 Å². The van der Waals surface area contributed by atoms with Gasteiger partial charge >= 0.3 is 0 Å². The number of carbonyl (C=O) groups is 2. The lowest BCUT2D eigenvalue weighted by Gasteiger charge is -2.21. The van der Waals surface area contributed by atoms with Crippen LogP contribution < -0.4 is 16.2 Å². The minimum atomic E-state index is -0.523. The van der Waals surface area contributed by atoms with Gasteiger partial charge in [-0.3, -0.25) is 19.7 Å². The number of carbonyl (C=O) groups excluding carboxylic acids is 2. The fourth-order valence-corrected chi connectivity index (χ4v) is 1.96. The standard InChI is InChI=1S/C12H15N3O3/c16-10-7-9(3-6-14-10)12(18)15-11(17)8-1-4-13-5-2-8/h3,6-8,13H,1-2,4-5H2,(H,14,16)(H,15,17,18). The number of nitrogens with one attached hydrogen (secondary N) is 3. The van der Waals surface area contributed by atoms with E-state index in [4.69, 9.17) is 0 Å². The van der Waals surface area contributed by atoms with E-state index in [9.17, 15) is 14.4 Å². The maximum Gasteiger partial charge on any atom is 0.258 e. The van der Waals surface area contributed by atoms with E-state index in [0.29, 0.717) is 0 Å². The summed E-state index contributed by atoms with van der Waals surface area (Å²) in [5, 5.41) is 5.49. The lowest BCUT2D eigenvalue weighted by Crippen LogP contribution is -2.40. The normalized spacial score (nSPS) is 16.2. The first-order valence-electron chi connectivity index (χ1n) is 5.91. The van der Waals surface area contributed by atoms with Gasteiger partial charge < -0.3 is 10.3 Å². The van der Waals surface area contributed by atoms with Crippen LogP contribution in [0, 0.1) is 5.92 Å². The summed E-state index contributed by atoms with van der Waals surface area (Å²) in [6.45, 7) is 1.58. The number of piperidine rings is 1. The Morgan fingerprint density at radius 1 is 1.28 bits per heavy atom. The highest BCUT2D eigenvalue weighted by Crippen LogP contribution is 2.11. The molecule has 0 aromatic carbocycles. The van der Waals surface area contributed by atoms with Gasteiger partial charge in [-0.15, -0.1) is 0 Å². The molecule has 2 heterocycles. The molecule has 0 atom stereocenters. The van der Waals surface area contributed by atoms with E-state index in [-0.39, 0.29) is 22.9 Å². The van der Waals surface area contributed by atoms with Crippen molar-refractivity contribution in [3.05, 3.63) is 34.2 Å². The van der Waals surface area contributed by atoms with Crippen LogP contribution in [0.4, 0.5) is 0 Å². The number of amides is 2. The first-order valence-corrected chi connectivity index (χ1v) is 5.91. The third-order valence-electron chi connectivity index (χ3n) is 2.98. The summed E-state index contributed by atoms with van der Waals surface area (Å²) in [5.41, 5.74) is -0.169. The van der Waals surface area contributed by atoms with Crippen LogP contribution in [0.2, 0.25) is 0 Å². The molecule has 1 aliphatic heterocycles. The van der Waals surface area contributed by atoms with Crippen molar-refractivity contribution in [3.63, 3.8) is 0 Å². The molecule has 1 fully saturated rings. The summed E-state index contributed by atoms with van der Waals surface area (Å²) in [7, 11) is 0. The van der Waals surface area contributed by atoms with Gasteiger partial charge in [0.15, 0.2) is 0 Å². The van der Waals surface area contributed by atoms with E-state index in [2.05, 4.69) is 15.6 Å². The quantitative estimate of drug-likeness (QED) is 0.624. The van der Waals surface area contributed by atoms with Gasteiger partial charge in [0.25, 0.3) is 5.91 Å². The van der Waals surface area contributed by atoms with Gasteiger partial charge in [-0.25, -0.2) is 0 Å². The topological polar surface area (TPSA) is 91.1 Å². The van der Waals surface area contributed by atoms with Crippen molar-refractivity contribution in [2.75, 3.05) is 13.1 Å². The van der Waals surface area contributed by atoms with E-state index in [1.165, 1.54) is 18.3 Å². The average molecular weight is 249 g/mol. The first-order chi connectivity index (χ1) is 8.66. The van der Waals surface area contributed by atoms with Crippen LogP contribution in [0.15, 0.2) is 23.1 Å². The number of hydrogen-bond acceptors (Lipinski definition) is 4. The third kappa shape index (κ3) is 3.04. The number of hydrogen-bond donors (Lipinski definition) is 3. The lowest BCUT2D eigenvalue weighted by molar-refractivity contribution is -0.124. The molecule has 6 heteroatoms. The summed E-state index contributed by atoms with van der Waals surface area (Å²) >= 11 is 0. The Morgan fingerprint density at radius 3 is 2.67 bits per heavy atom. The molecule has 0 saturated carbocycles. The molecule has 1 aromatic heterocycles. The monoisotopic (exact) mass is 249 g/mol. The molecule has 0 spiro atoms. The maximum absolute atomic E-state index is 11.8. The van der Waals surface area contributed by atoms with Crippen molar-refractivity contribution >= 4 is 11.8 Å². The molecule has 1 aliphatic rings. The fraction of sp³-hybridized carbons (Fsp3) is 0.417. The van der Waals surface area contributed by atoms with Crippen LogP contribution in [0.5, 0.6) is 0 Å². The van der Waals surface area contributed by atoms with Gasteiger partial charge in [0, 0.05) is 23.7 Å². The number of H-pyrrole nitrogens is 1. The highest BCUT2D eigenvalue weighted by atomic mass is 16.2. The molecule has 2 rings (SSSR count). The molecule has 3 N–H and O–H groups in total. The van der Waals surface area contributed by atoms with Crippen molar-refractivity contribution in [3.8, 4) is 0 Å². The van der Waals surface area contributed by atoms with Gasteiger partial charge in [0.2, 0.25) is 11.5 Å². The summed E-state index contributed by atoms with van der Waals surface area (Å²) in [5.74, 6) is -0.913. The SMILES string of the molecule is O=C(NC(=O)C1CCNCC1)c1cc[nH]c(=O)c1. The van der Waals surface area contributed by atoms with Gasteiger partial charge in [-0.1, -0.05) is 0 Å². The zero-order chi connectivity index (χ0) is 13.0. The Hall–Kier alpha value is -1.95. The van der Waals surface area contributed by atoms with Crippen molar-refractivity contribution in [1.82, 2.24) is 15.6 Å². The second-order valence-electron chi connectivity index (χ2n) is 4.28. The highest BCUT2D eigenvalue weighted by Gasteiger charge is 2.22. The maximum atomic E-state index is 11.8. The molecule has 0 unspecified atom stereocenters. The zero-order valence-corrected chi connectivity index (χ0v) is 9.86. The van der Waals surface area contributed by atoms with Crippen LogP contribution in [0.25, 0.3) is 0 Å². The summed E-state index contributed by atoms with van der Waals surface area (Å²) in [6, 6.07) is 2.64. The average Bonchev–Trinajstić information content (AvgIpc) is 2.39. The molecule has 96 valence electrons. The van der Waals surface area contributed by atoms with Crippen LogP contribution in [0.1, 0.15) is 23.2 Å². The van der Waals surface area contributed by atoms with Crippen LogP contribution in [-0.4, -0.2) is 29.9 Å². The minimum absolute atomic E-state index is 0.128.